The maximum absolute atomic E-state index is 12.3. The Hall–Kier alpha value is -1.93. The number of nitrogens with one attached hydrogen (secondary N) is 2. The van der Waals surface area contributed by atoms with Crippen LogP contribution in [-0.2, 0) is 19.6 Å². The van der Waals surface area contributed by atoms with Crippen LogP contribution in [-0.4, -0.2) is 39.0 Å². The van der Waals surface area contributed by atoms with Crippen molar-refractivity contribution >= 4 is 21.9 Å². The van der Waals surface area contributed by atoms with E-state index in [0.29, 0.717) is 5.92 Å². The Morgan fingerprint density at radius 2 is 1.81 bits per heavy atom. The number of benzene rings is 1. The van der Waals surface area contributed by atoms with Gasteiger partial charge >= 0.3 is 5.97 Å². The molecule has 0 radical (unpaired) electrons. The Kier molecular flexibility index (Phi) is 7.38. The van der Waals surface area contributed by atoms with Crippen molar-refractivity contribution in [2.45, 2.75) is 63.5 Å². The van der Waals surface area contributed by atoms with E-state index in [1.54, 1.807) is 6.92 Å². The van der Waals surface area contributed by atoms with E-state index in [0.717, 1.165) is 19.3 Å². The molecule has 1 fully saturated rings. The summed E-state index contributed by atoms with van der Waals surface area (Å²) >= 11 is 0. The predicted octanol–water partition coefficient (Wildman–Crippen LogP) is 2.22. The summed E-state index contributed by atoms with van der Waals surface area (Å²) in [6.45, 7) is 5.61. The lowest BCUT2D eigenvalue weighted by Gasteiger charge is -2.30. The van der Waals surface area contributed by atoms with Gasteiger partial charge in [0.25, 0.3) is 5.91 Å². The number of esters is 1. The van der Waals surface area contributed by atoms with Crippen LogP contribution in [0.3, 0.4) is 0 Å². The molecule has 150 valence electrons. The van der Waals surface area contributed by atoms with Crippen LogP contribution in [0.15, 0.2) is 29.2 Å². The van der Waals surface area contributed by atoms with E-state index in [1.807, 2.05) is 0 Å². The van der Waals surface area contributed by atoms with Gasteiger partial charge in [0.1, 0.15) is 0 Å². The van der Waals surface area contributed by atoms with Crippen LogP contribution in [0.2, 0.25) is 0 Å². The summed E-state index contributed by atoms with van der Waals surface area (Å²) in [4.78, 5) is 24.6. The summed E-state index contributed by atoms with van der Waals surface area (Å²) in [5.41, 5.74) is 0.191. The smallest absolute Gasteiger partial charge is 0.338 e. The number of ether oxygens (including phenoxy) is 1. The minimum absolute atomic E-state index is 0.0676. The second-order valence-corrected chi connectivity index (χ2v) is 8.72. The molecule has 0 unspecified atom stereocenters. The minimum Gasteiger partial charge on any atom is -0.449 e. The van der Waals surface area contributed by atoms with Gasteiger partial charge in [0.05, 0.1) is 10.5 Å². The second-order valence-electron chi connectivity index (χ2n) is 6.95. The van der Waals surface area contributed by atoms with Crippen molar-refractivity contribution < 1.29 is 22.7 Å². The lowest BCUT2D eigenvalue weighted by Crippen LogP contribution is -2.45. The first-order chi connectivity index (χ1) is 12.7. The van der Waals surface area contributed by atoms with E-state index in [4.69, 9.17) is 4.74 Å². The fraction of sp³-hybridized carbons (Fsp3) is 0.579. The summed E-state index contributed by atoms with van der Waals surface area (Å²) in [5, 5.41) is 2.96. The normalized spacial score (nSPS) is 21.3. The molecular formula is C19H28N2O5S. The Bertz CT molecular complexity index is 761. The van der Waals surface area contributed by atoms with Crippen LogP contribution in [0.25, 0.3) is 0 Å². The van der Waals surface area contributed by atoms with Crippen molar-refractivity contribution in [1.82, 2.24) is 10.0 Å². The average molecular weight is 397 g/mol. The van der Waals surface area contributed by atoms with Crippen molar-refractivity contribution in [2.24, 2.45) is 5.92 Å². The Morgan fingerprint density at radius 3 is 2.41 bits per heavy atom. The highest BCUT2D eigenvalue weighted by Gasteiger charge is 2.26. The lowest BCUT2D eigenvalue weighted by molar-refractivity contribution is -0.130. The zero-order chi connectivity index (χ0) is 20.0. The highest BCUT2D eigenvalue weighted by molar-refractivity contribution is 7.89. The van der Waals surface area contributed by atoms with Gasteiger partial charge < -0.3 is 10.1 Å². The maximum Gasteiger partial charge on any atom is 0.338 e. The van der Waals surface area contributed by atoms with E-state index in [9.17, 15) is 18.0 Å². The van der Waals surface area contributed by atoms with E-state index in [2.05, 4.69) is 17.0 Å². The zero-order valence-corrected chi connectivity index (χ0v) is 16.8. The van der Waals surface area contributed by atoms with Crippen molar-refractivity contribution in [3.05, 3.63) is 29.8 Å². The molecule has 27 heavy (non-hydrogen) atoms. The van der Waals surface area contributed by atoms with Gasteiger partial charge in [0.2, 0.25) is 10.0 Å². The van der Waals surface area contributed by atoms with Gasteiger partial charge in [-0.3, -0.25) is 4.79 Å². The van der Waals surface area contributed by atoms with Crippen LogP contribution in [0.4, 0.5) is 0 Å². The molecule has 7 nitrogen and oxygen atoms in total. The molecule has 1 amide bonds. The largest absolute Gasteiger partial charge is 0.449 e. The van der Waals surface area contributed by atoms with E-state index in [-0.39, 0.29) is 29.0 Å². The third kappa shape index (κ3) is 5.77. The van der Waals surface area contributed by atoms with Gasteiger partial charge in [-0.25, -0.2) is 17.9 Å². The highest BCUT2D eigenvalue weighted by atomic mass is 32.2. The summed E-state index contributed by atoms with van der Waals surface area (Å²) in [6.07, 6.45) is 3.37. The first-order valence-corrected chi connectivity index (χ1v) is 10.8. The van der Waals surface area contributed by atoms with Crippen LogP contribution in [0.1, 0.15) is 56.8 Å². The molecule has 0 heterocycles. The quantitative estimate of drug-likeness (QED) is 0.688. The molecule has 0 aromatic heterocycles. The maximum atomic E-state index is 12.3. The fourth-order valence-corrected chi connectivity index (χ4v) is 4.20. The Balaban J connectivity index is 1.94. The van der Waals surface area contributed by atoms with Crippen LogP contribution in [0, 0.1) is 5.92 Å². The van der Waals surface area contributed by atoms with Gasteiger partial charge in [-0.1, -0.05) is 26.7 Å². The van der Waals surface area contributed by atoms with Crippen molar-refractivity contribution in [3.63, 3.8) is 0 Å². The topological polar surface area (TPSA) is 102 Å². The molecule has 3 atom stereocenters. The number of carbonyl (C=O) groups is 2. The molecule has 1 saturated carbocycles. The third-order valence-corrected chi connectivity index (χ3v) is 6.39. The van der Waals surface area contributed by atoms with Crippen LogP contribution < -0.4 is 10.0 Å². The average Bonchev–Trinajstić information content (AvgIpc) is 2.63. The molecule has 1 aromatic rings. The molecule has 0 aliphatic heterocycles. The highest BCUT2D eigenvalue weighted by Crippen LogP contribution is 2.23. The summed E-state index contributed by atoms with van der Waals surface area (Å²) < 4.78 is 31.4. The van der Waals surface area contributed by atoms with E-state index >= 15 is 0 Å². The number of hydrogen-bond donors (Lipinski definition) is 2. The van der Waals surface area contributed by atoms with Gasteiger partial charge in [-0.05, 0) is 49.9 Å². The van der Waals surface area contributed by atoms with E-state index < -0.39 is 22.1 Å². The number of rotatable bonds is 7. The standard InChI is InChI=1S/C19H28N2O5S/c1-4-20-27(24,25)16-11-9-15(10-12-16)19(23)26-14(3)18(22)21-17-8-6-5-7-13(17)2/h9-14,17,20H,4-8H2,1-3H3,(H,21,22)/t13-,14+,17-/m0/s1. The summed E-state index contributed by atoms with van der Waals surface area (Å²) in [6, 6.07) is 5.54. The van der Waals surface area contributed by atoms with Crippen molar-refractivity contribution in [2.75, 3.05) is 6.54 Å². The number of sulfonamides is 1. The first kappa shape index (κ1) is 21.4. The summed E-state index contributed by atoms with van der Waals surface area (Å²) in [7, 11) is -3.58. The van der Waals surface area contributed by atoms with Crippen molar-refractivity contribution in [3.8, 4) is 0 Å². The molecular weight excluding hydrogens is 368 g/mol. The molecule has 2 rings (SSSR count). The van der Waals surface area contributed by atoms with Crippen LogP contribution >= 0.6 is 0 Å². The Morgan fingerprint density at radius 1 is 1.19 bits per heavy atom. The molecule has 1 aliphatic rings. The van der Waals surface area contributed by atoms with Crippen molar-refractivity contribution in [1.29, 1.82) is 0 Å². The van der Waals surface area contributed by atoms with E-state index in [1.165, 1.54) is 37.6 Å². The van der Waals surface area contributed by atoms with Gasteiger partial charge in [0.15, 0.2) is 6.10 Å². The third-order valence-electron chi connectivity index (χ3n) is 4.83. The molecule has 8 heteroatoms. The molecule has 0 spiro atoms. The monoisotopic (exact) mass is 396 g/mol. The fourth-order valence-electron chi connectivity index (χ4n) is 3.16. The molecule has 0 bridgehead atoms. The lowest BCUT2D eigenvalue weighted by atomic mass is 9.86. The number of hydrogen-bond acceptors (Lipinski definition) is 5. The Labute approximate surface area is 160 Å². The second kappa shape index (κ2) is 9.32. The van der Waals surface area contributed by atoms with Gasteiger partial charge in [0, 0.05) is 12.6 Å². The number of amides is 1. The minimum atomic E-state index is -3.58. The van der Waals surface area contributed by atoms with Crippen LogP contribution in [0.5, 0.6) is 0 Å². The molecule has 0 saturated heterocycles. The predicted molar refractivity (Wildman–Crippen MR) is 102 cm³/mol. The first-order valence-electron chi connectivity index (χ1n) is 9.35. The van der Waals surface area contributed by atoms with Gasteiger partial charge in [-0.2, -0.15) is 0 Å². The molecule has 2 N–H and O–H groups in total. The SMILES string of the molecule is CCNS(=O)(=O)c1ccc(C(=O)O[C@H](C)C(=O)N[C@H]2CCCC[C@@H]2C)cc1. The summed E-state index contributed by atoms with van der Waals surface area (Å²) in [5.74, 6) is -0.563. The molecule has 1 aliphatic carbocycles. The van der Waals surface area contributed by atoms with Gasteiger partial charge in [-0.15, -0.1) is 0 Å². The zero-order valence-electron chi connectivity index (χ0n) is 16.0. The molecule has 1 aromatic carbocycles. The number of carbonyl (C=O) groups excluding carboxylic acids is 2.